The molecule has 0 saturated heterocycles. The second-order valence-corrected chi connectivity index (χ2v) is 8.42. The lowest BCUT2D eigenvalue weighted by Gasteiger charge is -2.18. The van der Waals surface area contributed by atoms with E-state index in [2.05, 4.69) is 22.5 Å². The Balaban J connectivity index is 1.50. The molecule has 0 aliphatic carbocycles. The fourth-order valence-electron chi connectivity index (χ4n) is 3.22. The number of nitrogens with zero attached hydrogens (tertiary/aromatic N) is 2. The highest BCUT2D eigenvalue weighted by molar-refractivity contribution is 7.99. The molecule has 0 saturated carbocycles. The zero-order valence-corrected chi connectivity index (χ0v) is 17.5. The molecule has 2 aromatic heterocycles. The van der Waals surface area contributed by atoms with E-state index in [1.807, 2.05) is 72.1 Å². The molecule has 4 rings (SSSR count). The van der Waals surface area contributed by atoms with Crippen LogP contribution in [-0.2, 0) is 11.3 Å². The first-order valence-corrected chi connectivity index (χ1v) is 11.2. The number of carbonyl (C=O) groups excluding carboxylic acids is 1. The molecular formula is C23H21N3OS2. The Bertz CT molecular complexity index is 1100. The molecule has 0 aliphatic rings. The van der Waals surface area contributed by atoms with Gasteiger partial charge in [-0.05, 0) is 29.1 Å². The predicted octanol–water partition coefficient (Wildman–Crippen LogP) is 5.28. The van der Waals surface area contributed by atoms with Crippen molar-refractivity contribution in [1.82, 2.24) is 14.9 Å². The van der Waals surface area contributed by atoms with Crippen molar-refractivity contribution in [3.8, 4) is 0 Å². The van der Waals surface area contributed by atoms with E-state index in [9.17, 15) is 4.79 Å². The maximum Gasteiger partial charge on any atom is 0.231 e. The summed E-state index contributed by atoms with van der Waals surface area (Å²) >= 11 is 3.10. The van der Waals surface area contributed by atoms with Crippen molar-refractivity contribution in [3.63, 3.8) is 0 Å². The number of allylic oxidation sites excluding steroid dienone is 1. The van der Waals surface area contributed by atoms with Crippen LogP contribution in [-0.4, -0.2) is 21.2 Å². The van der Waals surface area contributed by atoms with Gasteiger partial charge in [-0.2, -0.15) is 0 Å². The highest BCUT2D eigenvalue weighted by atomic mass is 32.2. The standard InChI is InChI=1S/C23H21N3OS2/c1-2-14-26-19-12-7-6-11-18(19)24-23(26)29-16-21(27)25-22(20-13-8-15-28-20)17-9-4-3-5-10-17/h2-13,15,22H,1,14,16H2,(H,25,27). The minimum Gasteiger partial charge on any atom is -0.344 e. The van der Waals surface area contributed by atoms with Crippen molar-refractivity contribution < 1.29 is 4.79 Å². The van der Waals surface area contributed by atoms with Crippen LogP contribution in [0, 0.1) is 0 Å². The third-order valence-electron chi connectivity index (χ3n) is 4.53. The molecular weight excluding hydrogens is 398 g/mol. The number of hydrogen-bond donors (Lipinski definition) is 1. The van der Waals surface area contributed by atoms with Crippen molar-refractivity contribution in [2.75, 3.05) is 5.75 Å². The Morgan fingerprint density at radius 1 is 1.14 bits per heavy atom. The number of nitrogens with one attached hydrogen (secondary N) is 1. The van der Waals surface area contributed by atoms with Crippen molar-refractivity contribution in [2.45, 2.75) is 17.7 Å². The molecule has 1 N–H and O–H groups in total. The summed E-state index contributed by atoms with van der Waals surface area (Å²) in [6, 6.07) is 22.0. The zero-order chi connectivity index (χ0) is 20.1. The molecule has 146 valence electrons. The third kappa shape index (κ3) is 4.44. The van der Waals surface area contributed by atoms with Gasteiger partial charge in [0.15, 0.2) is 5.16 Å². The monoisotopic (exact) mass is 419 g/mol. The fraction of sp³-hybridized carbons (Fsp3) is 0.130. The molecule has 1 atom stereocenters. The number of aromatic nitrogens is 2. The van der Waals surface area contributed by atoms with E-state index >= 15 is 0 Å². The van der Waals surface area contributed by atoms with Gasteiger partial charge in [0, 0.05) is 11.4 Å². The molecule has 0 bridgehead atoms. The highest BCUT2D eigenvalue weighted by Crippen LogP contribution is 2.27. The first-order valence-electron chi connectivity index (χ1n) is 9.33. The number of carbonyl (C=O) groups is 1. The van der Waals surface area contributed by atoms with E-state index in [0.29, 0.717) is 12.3 Å². The summed E-state index contributed by atoms with van der Waals surface area (Å²) in [5.41, 5.74) is 3.06. The molecule has 6 heteroatoms. The van der Waals surface area contributed by atoms with Crippen LogP contribution in [0.3, 0.4) is 0 Å². The zero-order valence-electron chi connectivity index (χ0n) is 15.8. The maximum absolute atomic E-state index is 12.8. The van der Waals surface area contributed by atoms with E-state index in [-0.39, 0.29) is 11.9 Å². The van der Waals surface area contributed by atoms with Gasteiger partial charge in [-0.3, -0.25) is 4.79 Å². The van der Waals surface area contributed by atoms with E-state index in [1.165, 1.54) is 11.8 Å². The lowest BCUT2D eigenvalue weighted by atomic mass is 10.1. The number of thiophene rings is 1. The van der Waals surface area contributed by atoms with Crippen LogP contribution in [0.2, 0.25) is 0 Å². The average Bonchev–Trinajstić information content (AvgIpc) is 3.40. The molecule has 2 aromatic carbocycles. The van der Waals surface area contributed by atoms with Crippen molar-refractivity contribution >= 4 is 40.0 Å². The summed E-state index contributed by atoms with van der Waals surface area (Å²) < 4.78 is 2.09. The molecule has 0 radical (unpaired) electrons. The second kappa shape index (κ2) is 9.11. The first-order chi connectivity index (χ1) is 14.3. The SMILES string of the molecule is C=CCn1c(SCC(=O)NC(c2ccccc2)c2cccs2)nc2ccccc21. The van der Waals surface area contributed by atoms with Gasteiger partial charge in [0.25, 0.3) is 0 Å². The minimum atomic E-state index is -0.142. The summed E-state index contributed by atoms with van der Waals surface area (Å²) in [5.74, 6) is 0.282. The Morgan fingerprint density at radius 3 is 2.69 bits per heavy atom. The Kier molecular flexibility index (Phi) is 6.12. The fourth-order valence-corrected chi connectivity index (χ4v) is 4.86. The van der Waals surface area contributed by atoms with Gasteiger partial charge in [0.05, 0.1) is 22.8 Å². The first kappa shape index (κ1) is 19.5. The number of thioether (sulfide) groups is 1. The van der Waals surface area contributed by atoms with E-state index in [4.69, 9.17) is 4.98 Å². The smallest absolute Gasteiger partial charge is 0.231 e. The summed E-state index contributed by atoms with van der Waals surface area (Å²) in [5, 5.41) is 6.04. The largest absolute Gasteiger partial charge is 0.344 e. The van der Waals surface area contributed by atoms with Crippen LogP contribution in [0.1, 0.15) is 16.5 Å². The lowest BCUT2D eigenvalue weighted by molar-refractivity contribution is -0.119. The number of benzene rings is 2. The van der Waals surface area contributed by atoms with Gasteiger partial charge in [-0.25, -0.2) is 4.98 Å². The number of imidazole rings is 1. The van der Waals surface area contributed by atoms with Crippen LogP contribution >= 0.6 is 23.1 Å². The Hall–Kier alpha value is -2.83. The lowest BCUT2D eigenvalue weighted by Crippen LogP contribution is -2.30. The van der Waals surface area contributed by atoms with E-state index < -0.39 is 0 Å². The molecule has 0 spiro atoms. The quantitative estimate of drug-likeness (QED) is 0.312. The molecule has 1 amide bonds. The summed E-state index contributed by atoms with van der Waals surface area (Å²) in [4.78, 5) is 18.6. The number of fused-ring (bicyclic) bond motifs is 1. The summed E-state index contributed by atoms with van der Waals surface area (Å²) in [6.45, 7) is 4.50. The van der Waals surface area contributed by atoms with Gasteiger partial charge in [-0.1, -0.05) is 66.4 Å². The molecule has 2 heterocycles. The van der Waals surface area contributed by atoms with Crippen LogP contribution < -0.4 is 5.32 Å². The minimum absolute atomic E-state index is 0.0190. The Labute approximate surface area is 178 Å². The van der Waals surface area contributed by atoms with Crippen LogP contribution in [0.15, 0.2) is 89.9 Å². The number of hydrogen-bond acceptors (Lipinski definition) is 4. The second-order valence-electron chi connectivity index (χ2n) is 6.50. The van der Waals surface area contributed by atoms with Crippen LogP contribution in [0.4, 0.5) is 0 Å². The van der Waals surface area contributed by atoms with Gasteiger partial charge < -0.3 is 9.88 Å². The highest BCUT2D eigenvalue weighted by Gasteiger charge is 2.19. The normalized spacial score (nSPS) is 12.0. The predicted molar refractivity (Wildman–Crippen MR) is 121 cm³/mol. The molecule has 1 unspecified atom stereocenters. The summed E-state index contributed by atoms with van der Waals surface area (Å²) in [7, 11) is 0. The third-order valence-corrected chi connectivity index (χ3v) is 6.44. The van der Waals surface area contributed by atoms with Crippen molar-refractivity contribution in [3.05, 3.63) is 95.2 Å². The van der Waals surface area contributed by atoms with Crippen LogP contribution in [0.5, 0.6) is 0 Å². The summed E-state index contributed by atoms with van der Waals surface area (Å²) in [6.07, 6.45) is 1.85. The number of para-hydroxylation sites is 2. The number of rotatable bonds is 8. The Morgan fingerprint density at radius 2 is 1.93 bits per heavy atom. The molecule has 0 fully saturated rings. The number of amides is 1. The van der Waals surface area contributed by atoms with E-state index in [1.54, 1.807) is 11.3 Å². The average molecular weight is 420 g/mol. The van der Waals surface area contributed by atoms with Gasteiger partial charge >= 0.3 is 0 Å². The van der Waals surface area contributed by atoms with E-state index in [0.717, 1.165) is 26.6 Å². The molecule has 0 aliphatic heterocycles. The van der Waals surface area contributed by atoms with Gasteiger partial charge in [0.2, 0.25) is 5.91 Å². The van der Waals surface area contributed by atoms with Crippen molar-refractivity contribution in [2.24, 2.45) is 0 Å². The van der Waals surface area contributed by atoms with Gasteiger partial charge in [-0.15, -0.1) is 17.9 Å². The van der Waals surface area contributed by atoms with Crippen molar-refractivity contribution in [1.29, 1.82) is 0 Å². The molecule has 4 aromatic rings. The molecule has 29 heavy (non-hydrogen) atoms. The van der Waals surface area contributed by atoms with Gasteiger partial charge in [0.1, 0.15) is 0 Å². The topological polar surface area (TPSA) is 46.9 Å². The molecule has 4 nitrogen and oxygen atoms in total. The maximum atomic E-state index is 12.8. The van der Waals surface area contributed by atoms with Crippen LogP contribution in [0.25, 0.3) is 11.0 Å².